The van der Waals surface area contributed by atoms with Crippen molar-refractivity contribution in [1.29, 1.82) is 0 Å². The summed E-state index contributed by atoms with van der Waals surface area (Å²) in [4.78, 5) is 15.4. The van der Waals surface area contributed by atoms with Crippen molar-refractivity contribution in [3.05, 3.63) is 84.4 Å². The van der Waals surface area contributed by atoms with Crippen molar-refractivity contribution >= 4 is 17.3 Å². The molecule has 0 amide bonds. The van der Waals surface area contributed by atoms with Crippen LogP contribution < -0.4 is 9.64 Å². The van der Waals surface area contributed by atoms with Gasteiger partial charge in [-0.15, -0.1) is 0 Å². The number of anilines is 2. The Labute approximate surface area is 194 Å². The van der Waals surface area contributed by atoms with E-state index in [4.69, 9.17) is 18.9 Å². The van der Waals surface area contributed by atoms with Gasteiger partial charge in [-0.25, -0.2) is 4.79 Å². The van der Waals surface area contributed by atoms with Gasteiger partial charge in [0.1, 0.15) is 0 Å². The Balaban J connectivity index is 2.06. The summed E-state index contributed by atoms with van der Waals surface area (Å²) < 4.78 is 24.4. The summed E-state index contributed by atoms with van der Waals surface area (Å²) in [7, 11) is 0. The number of carbonyl (C=O) groups is 1. The quantitative estimate of drug-likeness (QED) is 0.387. The lowest BCUT2D eigenvalue weighted by molar-refractivity contribution is -0.187. The summed E-state index contributed by atoms with van der Waals surface area (Å²) in [6.07, 6.45) is -1.07. The second kappa shape index (κ2) is 10.1. The van der Waals surface area contributed by atoms with E-state index in [0.717, 1.165) is 16.9 Å². The highest BCUT2D eigenvalue weighted by atomic mass is 16.6. The average Bonchev–Trinajstić information content (AvgIpc) is 2.85. The van der Waals surface area contributed by atoms with Crippen LogP contribution in [0.1, 0.15) is 26.3 Å². The van der Waals surface area contributed by atoms with E-state index in [-0.39, 0.29) is 6.61 Å². The second-order valence-electron chi connectivity index (χ2n) is 7.46. The van der Waals surface area contributed by atoms with Crippen LogP contribution >= 0.6 is 0 Å². The number of fused-ring (bicyclic) bond motifs is 2. The average molecular weight is 448 g/mol. The van der Waals surface area contributed by atoms with Crippen molar-refractivity contribution in [3.8, 4) is 11.5 Å². The van der Waals surface area contributed by atoms with Gasteiger partial charge in [-0.05, 0) is 45.0 Å². The molecule has 1 heterocycles. The summed E-state index contributed by atoms with van der Waals surface area (Å²) in [5, 5.41) is 0. The minimum Gasteiger partial charge on any atom is -0.464 e. The maximum atomic E-state index is 13.4. The van der Waals surface area contributed by atoms with E-state index < -0.39 is 17.8 Å². The number of hydrogen-bond acceptors (Lipinski definition) is 6. The summed E-state index contributed by atoms with van der Waals surface area (Å²) in [6.45, 7) is 6.42. The Kier molecular flexibility index (Phi) is 6.96. The molecule has 6 heteroatoms. The zero-order valence-electron chi connectivity index (χ0n) is 19.2. The third-order valence-electron chi connectivity index (χ3n) is 5.51. The van der Waals surface area contributed by atoms with Gasteiger partial charge in [0, 0.05) is 18.8 Å². The molecule has 0 aromatic heterocycles. The van der Waals surface area contributed by atoms with E-state index >= 15 is 0 Å². The first kappa shape index (κ1) is 22.8. The third-order valence-corrected chi connectivity index (χ3v) is 5.51. The number of nitrogens with zero attached hydrogens (tertiary/aromatic N) is 1. The zero-order valence-corrected chi connectivity index (χ0v) is 19.2. The standard InChI is InChI=1S/C27H29NO5/c1-4-30-25(26(29)31-5-2)27(32-6-3,20-14-8-7-9-15-20)28-21-16-10-12-18-23(21)33-24-19-13-11-17-22(24)28/h7-19,25H,4-6H2,1-3H3. The molecule has 6 nitrogen and oxygen atoms in total. The van der Waals surface area contributed by atoms with E-state index in [1.54, 1.807) is 6.92 Å². The molecule has 3 aromatic carbocycles. The number of benzene rings is 3. The predicted octanol–water partition coefficient (Wildman–Crippen LogP) is 5.79. The molecular weight excluding hydrogens is 418 g/mol. The fourth-order valence-electron chi connectivity index (χ4n) is 4.31. The summed E-state index contributed by atoms with van der Waals surface area (Å²) in [5.41, 5.74) is 0.948. The molecule has 0 saturated heterocycles. The van der Waals surface area contributed by atoms with Gasteiger partial charge >= 0.3 is 5.97 Å². The van der Waals surface area contributed by atoms with Crippen LogP contribution in [0.15, 0.2) is 78.9 Å². The SMILES string of the molecule is CCOC(=O)C(OCC)C(OCC)(c1ccccc1)N1c2ccccc2Oc2ccccc21. The summed E-state index contributed by atoms with van der Waals surface area (Å²) >= 11 is 0. The second-order valence-corrected chi connectivity index (χ2v) is 7.46. The van der Waals surface area contributed by atoms with Gasteiger partial charge in [0.2, 0.25) is 11.8 Å². The van der Waals surface area contributed by atoms with E-state index in [1.165, 1.54) is 0 Å². The fourth-order valence-corrected chi connectivity index (χ4v) is 4.31. The van der Waals surface area contributed by atoms with Gasteiger partial charge in [-0.2, -0.15) is 0 Å². The van der Waals surface area contributed by atoms with Crippen molar-refractivity contribution < 1.29 is 23.7 Å². The molecule has 0 fully saturated rings. The number of hydrogen-bond donors (Lipinski definition) is 0. The molecule has 172 valence electrons. The maximum Gasteiger partial charge on any atom is 0.340 e. The van der Waals surface area contributed by atoms with Gasteiger partial charge < -0.3 is 18.9 Å². The van der Waals surface area contributed by atoms with Crippen LogP contribution in [0, 0.1) is 0 Å². The minimum absolute atomic E-state index is 0.232. The van der Waals surface area contributed by atoms with Gasteiger partial charge in [0.25, 0.3) is 0 Å². The van der Waals surface area contributed by atoms with Crippen molar-refractivity contribution in [2.45, 2.75) is 32.6 Å². The van der Waals surface area contributed by atoms with Crippen LogP contribution in [0.3, 0.4) is 0 Å². The number of esters is 1. The normalized spacial score (nSPS) is 14.9. The van der Waals surface area contributed by atoms with E-state index in [1.807, 2.05) is 97.6 Å². The monoisotopic (exact) mass is 447 g/mol. The molecule has 0 spiro atoms. The largest absolute Gasteiger partial charge is 0.464 e. The van der Waals surface area contributed by atoms with Crippen molar-refractivity contribution in [3.63, 3.8) is 0 Å². The van der Waals surface area contributed by atoms with Crippen LogP contribution in [-0.2, 0) is 24.7 Å². The number of carbonyl (C=O) groups excluding carboxylic acids is 1. The molecule has 2 atom stereocenters. The first-order chi connectivity index (χ1) is 16.2. The van der Waals surface area contributed by atoms with E-state index in [0.29, 0.717) is 24.7 Å². The highest BCUT2D eigenvalue weighted by Gasteiger charge is 2.54. The lowest BCUT2D eigenvalue weighted by Gasteiger charge is -2.49. The molecule has 4 rings (SSSR count). The molecule has 1 aliphatic rings. The van der Waals surface area contributed by atoms with Crippen molar-refractivity contribution in [2.24, 2.45) is 0 Å². The topological polar surface area (TPSA) is 57.2 Å². The Bertz CT molecular complexity index is 1040. The Morgan fingerprint density at radius 3 is 1.94 bits per heavy atom. The van der Waals surface area contributed by atoms with Crippen LogP contribution in [-0.4, -0.2) is 31.9 Å². The van der Waals surface area contributed by atoms with Crippen LogP contribution in [0.25, 0.3) is 0 Å². The third kappa shape index (κ3) is 4.08. The minimum atomic E-state index is -1.35. The molecule has 0 bridgehead atoms. The molecule has 1 aliphatic heterocycles. The smallest absolute Gasteiger partial charge is 0.340 e. The lowest BCUT2D eigenvalue weighted by Crippen LogP contribution is -2.59. The van der Waals surface area contributed by atoms with Gasteiger partial charge in [-0.3, -0.25) is 4.90 Å². The van der Waals surface area contributed by atoms with Gasteiger partial charge in [-0.1, -0.05) is 54.6 Å². The summed E-state index contributed by atoms with van der Waals surface area (Å²) in [6, 6.07) is 25.1. The van der Waals surface area contributed by atoms with Crippen molar-refractivity contribution in [2.75, 3.05) is 24.7 Å². The van der Waals surface area contributed by atoms with Crippen LogP contribution in [0.5, 0.6) is 11.5 Å². The molecule has 0 radical (unpaired) electrons. The zero-order chi connectivity index (χ0) is 23.3. The van der Waals surface area contributed by atoms with Crippen LogP contribution in [0.2, 0.25) is 0 Å². The number of rotatable bonds is 9. The predicted molar refractivity (Wildman–Crippen MR) is 127 cm³/mol. The number of ether oxygens (including phenoxy) is 4. The molecule has 3 aromatic rings. The number of para-hydroxylation sites is 4. The molecule has 33 heavy (non-hydrogen) atoms. The Morgan fingerprint density at radius 1 is 0.818 bits per heavy atom. The van der Waals surface area contributed by atoms with Gasteiger partial charge in [0.05, 0.1) is 18.0 Å². The van der Waals surface area contributed by atoms with E-state index in [2.05, 4.69) is 0 Å². The Morgan fingerprint density at radius 2 is 1.39 bits per heavy atom. The lowest BCUT2D eigenvalue weighted by atomic mass is 9.91. The maximum absolute atomic E-state index is 13.4. The van der Waals surface area contributed by atoms with E-state index in [9.17, 15) is 4.79 Å². The molecule has 2 unspecified atom stereocenters. The molecule has 0 N–H and O–H groups in total. The first-order valence-electron chi connectivity index (χ1n) is 11.3. The van der Waals surface area contributed by atoms with Gasteiger partial charge in [0.15, 0.2) is 11.5 Å². The van der Waals surface area contributed by atoms with Crippen molar-refractivity contribution in [1.82, 2.24) is 0 Å². The van der Waals surface area contributed by atoms with Crippen LogP contribution in [0.4, 0.5) is 11.4 Å². The molecular formula is C27H29NO5. The summed E-state index contributed by atoms with van der Waals surface area (Å²) in [5.74, 6) is 0.837. The highest BCUT2D eigenvalue weighted by Crippen LogP contribution is 2.54. The molecule has 0 aliphatic carbocycles. The first-order valence-corrected chi connectivity index (χ1v) is 11.3. The Hall–Kier alpha value is -3.35. The molecule has 0 saturated carbocycles. The highest BCUT2D eigenvalue weighted by molar-refractivity contribution is 5.84. The fraction of sp³-hybridized carbons (Fsp3) is 0.296.